The first-order valence-electron chi connectivity index (χ1n) is 27.0. The molecule has 2 heteroatoms. The zero-order chi connectivity index (χ0) is 46.6. The molecule has 0 aliphatic heterocycles. The van der Waals surface area contributed by atoms with Crippen molar-refractivity contribution in [2.45, 2.75) is 157 Å². The summed E-state index contributed by atoms with van der Waals surface area (Å²) < 4.78 is 0. The predicted molar refractivity (Wildman–Crippen MR) is 289 cm³/mol. The molecule has 0 heterocycles. The van der Waals surface area contributed by atoms with Gasteiger partial charge >= 0.3 is 0 Å². The maximum Gasteiger partial charge on any atom is 0.0659 e. The van der Waals surface area contributed by atoms with E-state index in [1.807, 2.05) is 0 Å². The van der Waals surface area contributed by atoms with Crippen molar-refractivity contribution in [2.24, 2.45) is 41.4 Å². The molecule has 0 amide bonds. The number of fused-ring (bicyclic) bond motifs is 4. The van der Waals surface area contributed by atoms with Gasteiger partial charge in [-0.15, -0.1) is 0 Å². The number of hydrogen-bond acceptors (Lipinski definition) is 2. The fourth-order valence-corrected chi connectivity index (χ4v) is 13.4. The average Bonchev–Trinajstić information content (AvgIpc) is 3.33. The van der Waals surface area contributed by atoms with Gasteiger partial charge in [-0.25, -0.2) is 0 Å². The van der Waals surface area contributed by atoms with Gasteiger partial charge in [0.25, 0.3) is 0 Å². The number of benzene rings is 4. The summed E-state index contributed by atoms with van der Waals surface area (Å²) in [5.74, 6) is 5.38. The lowest BCUT2D eigenvalue weighted by molar-refractivity contribution is 0.118. The Kier molecular flexibility index (Phi) is 15.0. The summed E-state index contributed by atoms with van der Waals surface area (Å²) in [4.78, 5) is 5.48. The van der Waals surface area contributed by atoms with E-state index in [0.717, 1.165) is 36.5 Å². The van der Waals surface area contributed by atoms with Crippen LogP contribution in [-0.4, -0.2) is 6.04 Å². The van der Waals surface area contributed by atoms with E-state index in [9.17, 15) is 0 Å². The normalized spacial score (nSPS) is 25.2. The maximum atomic E-state index is 2.86. The zero-order valence-corrected chi connectivity index (χ0v) is 42.6. The Morgan fingerprint density at radius 2 is 1.42 bits per heavy atom. The van der Waals surface area contributed by atoms with Crippen LogP contribution in [0.3, 0.4) is 0 Å². The third kappa shape index (κ3) is 10.6. The van der Waals surface area contributed by atoms with E-state index in [0.29, 0.717) is 17.8 Å². The van der Waals surface area contributed by atoms with Crippen molar-refractivity contribution < 1.29 is 0 Å². The highest BCUT2D eigenvalue weighted by Crippen LogP contribution is 2.55. The first-order valence-corrected chi connectivity index (χ1v) is 27.0. The Balaban J connectivity index is 1.24. The van der Waals surface area contributed by atoms with Crippen molar-refractivity contribution in [3.05, 3.63) is 178 Å². The molecule has 352 valence electrons. The Hall–Kier alpha value is -4.82. The number of para-hydroxylation sites is 1. The van der Waals surface area contributed by atoms with Gasteiger partial charge < -0.3 is 9.80 Å². The van der Waals surface area contributed by atoms with E-state index in [1.54, 1.807) is 5.57 Å². The molecule has 2 fully saturated rings. The second-order valence-electron chi connectivity index (χ2n) is 22.5. The average molecular weight is 891 g/mol. The molecule has 67 heavy (non-hydrogen) atoms. The lowest BCUT2D eigenvalue weighted by atomic mass is 9.62. The molecule has 7 unspecified atom stereocenters. The Bertz CT molecular complexity index is 2420. The van der Waals surface area contributed by atoms with E-state index in [-0.39, 0.29) is 18.0 Å². The standard InChI is InChI=1S/C65H82N2/c1-9-11-17-49(10-2)35-47(7)21-24-50-25-33-60-62(42-50)64(66(56-18-13-12-14-19-56)57-29-22-45(5)23-30-57)61-34-28-54(55-40-51-36-48(8)37-52(39-51)41-55)43-63(61)65(60)67(59-20-15-16-46(6)38-59)58-31-26-53(27-32-58)44(3)4/h12-16,18-19,22-23,25-34,38,42-44,47-49,51-52,55,59,63,65H,9-11,17,20-21,24,35-37,39-41H2,1-8H3. The van der Waals surface area contributed by atoms with Gasteiger partial charge in [0.05, 0.1) is 17.8 Å². The minimum absolute atomic E-state index is 0.106. The number of nitrogens with zero attached hydrogens (tertiary/aromatic N) is 2. The Morgan fingerprint density at radius 3 is 2.10 bits per heavy atom. The van der Waals surface area contributed by atoms with Crippen LogP contribution in [0.1, 0.15) is 165 Å². The fraction of sp³-hybridized carbons (Fsp3) is 0.477. The van der Waals surface area contributed by atoms with Crippen LogP contribution < -0.4 is 9.80 Å². The third-order valence-electron chi connectivity index (χ3n) is 16.8. The van der Waals surface area contributed by atoms with Crippen LogP contribution in [0.2, 0.25) is 0 Å². The molecule has 0 N–H and O–H groups in total. The molecule has 5 aliphatic rings. The smallest absolute Gasteiger partial charge is 0.0659 e. The van der Waals surface area contributed by atoms with Gasteiger partial charge in [0.1, 0.15) is 0 Å². The molecule has 9 rings (SSSR count). The van der Waals surface area contributed by atoms with Crippen LogP contribution in [0.25, 0.3) is 5.70 Å². The van der Waals surface area contributed by atoms with Crippen LogP contribution in [-0.2, 0) is 6.42 Å². The van der Waals surface area contributed by atoms with Gasteiger partial charge in [0, 0.05) is 28.5 Å². The predicted octanol–water partition coefficient (Wildman–Crippen LogP) is 18.3. The van der Waals surface area contributed by atoms with E-state index in [2.05, 4.69) is 199 Å². The summed E-state index contributed by atoms with van der Waals surface area (Å²) in [6.45, 7) is 18.9. The van der Waals surface area contributed by atoms with Crippen molar-refractivity contribution in [1.29, 1.82) is 0 Å². The van der Waals surface area contributed by atoms with Crippen LogP contribution in [0, 0.1) is 48.3 Å². The molecule has 0 spiro atoms. The Morgan fingerprint density at radius 1 is 0.701 bits per heavy atom. The topological polar surface area (TPSA) is 6.48 Å². The molecule has 0 radical (unpaired) electrons. The third-order valence-corrected chi connectivity index (χ3v) is 16.8. The van der Waals surface area contributed by atoms with Gasteiger partial charge in [0.2, 0.25) is 0 Å². The summed E-state index contributed by atoms with van der Waals surface area (Å²) in [5, 5.41) is 0. The molecular formula is C65H82N2. The summed E-state index contributed by atoms with van der Waals surface area (Å²) in [6.07, 6.45) is 32.2. The lowest BCUT2D eigenvalue weighted by Gasteiger charge is -2.49. The molecule has 0 aromatic heterocycles. The van der Waals surface area contributed by atoms with Gasteiger partial charge in [0.15, 0.2) is 0 Å². The maximum absolute atomic E-state index is 2.86. The van der Waals surface area contributed by atoms with Gasteiger partial charge in [-0.3, -0.25) is 0 Å². The van der Waals surface area contributed by atoms with Crippen molar-refractivity contribution >= 4 is 22.8 Å². The summed E-state index contributed by atoms with van der Waals surface area (Å²) >= 11 is 0. The van der Waals surface area contributed by atoms with E-state index in [4.69, 9.17) is 0 Å². The molecular weight excluding hydrogens is 809 g/mol. The zero-order valence-electron chi connectivity index (χ0n) is 42.6. The molecule has 2 saturated carbocycles. The minimum atomic E-state index is 0.106. The first-order chi connectivity index (χ1) is 32.6. The second kappa shape index (κ2) is 21.2. The quantitative estimate of drug-likeness (QED) is 0.104. The second-order valence-corrected chi connectivity index (χ2v) is 22.5. The fourth-order valence-electron chi connectivity index (χ4n) is 13.4. The molecule has 2 bridgehead atoms. The van der Waals surface area contributed by atoms with Crippen molar-refractivity contribution in [1.82, 2.24) is 0 Å². The van der Waals surface area contributed by atoms with E-state index in [1.165, 1.54) is 132 Å². The molecule has 4 aromatic carbocycles. The van der Waals surface area contributed by atoms with Crippen molar-refractivity contribution in [3.63, 3.8) is 0 Å². The van der Waals surface area contributed by atoms with Gasteiger partial charge in [-0.05, 0) is 183 Å². The van der Waals surface area contributed by atoms with Crippen molar-refractivity contribution in [3.8, 4) is 0 Å². The number of anilines is 3. The summed E-state index contributed by atoms with van der Waals surface area (Å²) in [7, 11) is 0. The SMILES string of the molecule is CCCCC(CC)CC(C)CCc1ccc2c(c1)C(N(c1ccccc1)c1ccc(C)cc1)=C1C=CC(C3CC4CC(C)CC(C4)C3)=CC1C2N(c1ccc(C(C)C)cc1)C1C=C(C)C=CC1. The highest BCUT2D eigenvalue weighted by Gasteiger charge is 2.44. The van der Waals surface area contributed by atoms with Gasteiger partial charge in [-0.2, -0.15) is 0 Å². The molecule has 0 saturated heterocycles. The molecule has 5 aliphatic carbocycles. The highest BCUT2D eigenvalue weighted by atomic mass is 15.2. The summed E-state index contributed by atoms with van der Waals surface area (Å²) in [5.41, 5.74) is 16.5. The van der Waals surface area contributed by atoms with Crippen LogP contribution in [0.15, 0.2) is 150 Å². The number of rotatable bonds is 17. The number of allylic oxidation sites excluding steroid dienone is 5. The largest absolute Gasteiger partial charge is 0.357 e. The monoisotopic (exact) mass is 891 g/mol. The highest BCUT2D eigenvalue weighted by molar-refractivity contribution is 5.93. The minimum Gasteiger partial charge on any atom is -0.357 e. The van der Waals surface area contributed by atoms with Crippen molar-refractivity contribution in [2.75, 3.05) is 9.80 Å². The number of aryl methyl sites for hydroxylation is 2. The van der Waals surface area contributed by atoms with Gasteiger partial charge in [-0.1, -0.05) is 169 Å². The van der Waals surface area contributed by atoms with Crippen LogP contribution >= 0.6 is 0 Å². The molecule has 7 atom stereocenters. The molecule has 4 aromatic rings. The number of unbranched alkanes of at least 4 members (excludes halogenated alkanes) is 1. The van der Waals surface area contributed by atoms with E-state index < -0.39 is 0 Å². The first kappa shape index (κ1) is 47.3. The molecule has 2 nitrogen and oxygen atoms in total. The lowest BCUT2D eigenvalue weighted by Crippen LogP contribution is -2.44. The number of hydrogen-bond donors (Lipinski definition) is 0. The van der Waals surface area contributed by atoms with Crippen LogP contribution in [0.5, 0.6) is 0 Å². The van der Waals surface area contributed by atoms with E-state index >= 15 is 0 Å². The summed E-state index contributed by atoms with van der Waals surface area (Å²) in [6, 6.07) is 38.4. The van der Waals surface area contributed by atoms with Crippen LogP contribution in [0.4, 0.5) is 17.1 Å². The Labute approximate surface area is 407 Å².